The number of hydrogen-bond acceptors (Lipinski definition) is 3. The van der Waals surface area contributed by atoms with Gasteiger partial charge in [0.25, 0.3) is 0 Å². The molecule has 0 aliphatic carbocycles. The van der Waals surface area contributed by atoms with Crippen LogP contribution in [0.5, 0.6) is 5.75 Å². The molecule has 2 aromatic rings. The normalized spacial score (nSPS) is 11.0. The van der Waals surface area contributed by atoms with Crippen molar-refractivity contribution in [2.45, 2.75) is 6.36 Å². The zero-order valence-corrected chi connectivity index (χ0v) is 11.5. The highest BCUT2D eigenvalue weighted by Crippen LogP contribution is 2.27. The fourth-order valence-corrected chi connectivity index (χ4v) is 1.91. The highest BCUT2D eigenvalue weighted by molar-refractivity contribution is 7.80. The predicted molar refractivity (Wildman–Crippen MR) is 78.7 cm³/mol. The fourth-order valence-electron chi connectivity index (χ4n) is 1.73. The van der Waals surface area contributed by atoms with Crippen LogP contribution in [0.1, 0.15) is 5.56 Å². The first-order chi connectivity index (χ1) is 9.85. The molecule has 2 aromatic carbocycles. The van der Waals surface area contributed by atoms with Crippen LogP contribution in [-0.2, 0) is 0 Å². The third kappa shape index (κ3) is 4.35. The van der Waals surface area contributed by atoms with Gasteiger partial charge in [-0.2, -0.15) is 0 Å². The molecule has 0 amide bonds. The van der Waals surface area contributed by atoms with Gasteiger partial charge in [0.2, 0.25) is 0 Å². The van der Waals surface area contributed by atoms with Crippen LogP contribution in [-0.4, -0.2) is 11.4 Å². The second-order valence-electron chi connectivity index (χ2n) is 4.11. The van der Waals surface area contributed by atoms with Gasteiger partial charge in [0.05, 0.1) is 0 Å². The second kappa shape index (κ2) is 6.01. The molecule has 0 saturated heterocycles. The smallest absolute Gasteiger partial charge is 0.406 e. The van der Waals surface area contributed by atoms with Crippen molar-refractivity contribution in [2.75, 3.05) is 5.32 Å². The van der Waals surface area contributed by atoms with Crippen molar-refractivity contribution >= 4 is 28.6 Å². The van der Waals surface area contributed by atoms with Crippen LogP contribution in [0, 0.1) is 0 Å². The van der Waals surface area contributed by atoms with E-state index in [1.165, 1.54) is 18.2 Å². The summed E-state index contributed by atoms with van der Waals surface area (Å²) >= 11 is 4.93. The Hall–Kier alpha value is -2.28. The van der Waals surface area contributed by atoms with E-state index < -0.39 is 6.36 Å². The van der Waals surface area contributed by atoms with E-state index in [4.69, 9.17) is 18.0 Å². The van der Waals surface area contributed by atoms with Crippen molar-refractivity contribution in [3.63, 3.8) is 0 Å². The minimum absolute atomic E-state index is 0.195. The van der Waals surface area contributed by atoms with Gasteiger partial charge in [0.1, 0.15) is 10.7 Å². The number of ether oxygens (including phenoxy) is 1. The summed E-state index contributed by atoms with van der Waals surface area (Å²) in [7, 11) is 0. The van der Waals surface area contributed by atoms with Crippen LogP contribution in [0.2, 0.25) is 0 Å². The van der Waals surface area contributed by atoms with Gasteiger partial charge in [-0.25, -0.2) is 0 Å². The lowest BCUT2D eigenvalue weighted by molar-refractivity contribution is -0.274. The summed E-state index contributed by atoms with van der Waals surface area (Å²) in [6.45, 7) is 0. The Kier molecular flexibility index (Phi) is 4.32. The summed E-state index contributed by atoms with van der Waals surface area (Å²) in [6, 6.07) is 12.5. The van der Waals surface area contributed by atoms with E-state index in [2.05, 4.69) is 10.1 Å². The first-order valence-electron chi connectivity index (χ1n) is 5.87. The maximum absolute atomic E-state index is 12.2. The Morgan fingerprint density at radius 1 is 1.10 bits per heavy atom. The number of halogens is 3. The monoisotopic (exact) mass is 312 g/mol. The highest BCUT2D eigenvalue weighted by Gasteiger charge is 2.31. The van der Waals surface area contributed by atoms with Crippen molar-refractivity contribution in [1.82, 2.24) is 0 Å². The third-order valence-corrected chi connectivity index (χ3v) is 2.76. The molecule has 0 aliphatic rings. The molecule has 0 aromatic heterocycles. The van der Waals surface area contributed by atoms with Crippen LogP contribution in [0.25, 0.3) is 0 Å². The molecule has 2 rings (SSSR count). The average Bonchev–Trinajstić information content (AvgIpc) is 2.37. The van der Waals surface area contributed by atoms with Crippen LogP contribution < -0.4 is 15.8 Å². The van der Waals surface area contributed by atoms with Crippen LogP contribution in [0.3, 0.4) is 0 Å². The molecule has 3 N–H and O–H groups in total. The molecule has 0 radical (unpaired) electrons. The van der Waals surface area contributed by atoms with E-state index in [9.17, 15) is 13.2 Å². The maximum Gasteiger partial charge on any atom is 0.573 e. The molecule has 21 heavy (non-hydrogen) atoms. The van der Waals surface area contributed by atoms with Gasteiger partial charge in [-0.05, 0) is 24.3 Å². The minimum Gasteiger partial charge on any atom is -0.406 e. The quantitative estimate of drug-likeness (QED) is 0.839. The van der Waals surface area contributed by atoms with Gasteiger partial charge in [-0.3, -0.25) is 0 Å². The number of rotatable bonds is 4. The number of alkyl halides is 3. The van der Waals surface area contributed by atoms with Gasteiger partial charge >= 0.3 is 6.36 Å². The molecule has 0 heterocycles. The zero-order chi connectivity index (χ0) is 15.5. The van der Waals surface area contributed by atoms with Crippen molar-refractivity contribution in [1.29, 1.82) is 0 Å². The second-order valence-corrected chi connectivity index (χ2v) is 4.55. The SMILES string of the molecule is NC(=S)c1ccccc1Nc1cccc(OC(F)(F)F)c1. The molecule has 110 valence electrons. The van der Waals surface area contributed by atoms with E-state index in [1.807, 2.05) is 0 Å². The molecule has 0 atom stereocenters. The summed E-state index contributed by atoms with van der Waals surface area (Å²) in [5, 5.41) is 2.97. The molecule has 0 bridgehead atoms. The van der Waals surface area contributed by atoms with Crippen molar-refractivity contribution < 1.29 is 17.9 Å². The van der Waals surface area contributed by atoms with Crippen LogP contribution in [0.4, 0.5) is 24.5 Å². The van der Waals surface area contributed by atoms with Crippen molar-refractivity contribution in [3.05, 3.63) is 54.1 Å². The Balaban J connectivity index is 2.25. The topological polar surface area (TPSA) is 47.3 Å². The minimum atomic E-state index is -4.73. The van der Waals surface area contributed by atoms with Gasteiger partial charge in [0.15, 0.2) is 0 Å². The molecular weight excluding hydrogens is 301 g/mol. The lowest BCUT2D eigenvalue weighted by Gasteiger charge is -2.13. The first-order valence-corrected chi connectivity index (χ1v) is 6.27. The van der Waals surface area contributed by atoms with Gasteiger partial charge in [-0.1, -0.05) is 30.4 Å². The van der Waals surface area contributed by atoms with Crippen molar-refractivity contribution in [2.24, 2.45) is 5.73 Å². The summed E-state index contributed by atoms with van der Waals surface area (Å²) < 4.78 is 40.4. The molecule has 7 heteroatoms. The fraction of sp³-hybridized carbons (Fsp3) is 0.0714. The zero-order valence-electron chi connectivity index (χ0n) is 10.6. The lowest BCUT2D eigenvalue weighted by atomic mass is 10.1. The van der Waals surface area contributed by atoms with E-state index in [1.54, 1.807) is 30.3 Å². The predicted octanol–water partition coefficient (Wildman–Crippen LogP) is 3.96. The number of nitrogens with one attached hydrogen (secondary N) is 1. The van der Waals surface area contributed by atoms with Crippen LogP contribution >= 0.6 is 12.2 Å². The number of hydrogen-bond donors (Lipinski definition) is 2. The Morgan fingerprint density at radius 3 is 2.48 bits per heavy atom. The summed E-state index contributed by atoms with van der Waals surface area (Å²) in [4.78, 5) is 0.195. The lowest BCUT2D eigenvalue weighted by Crippen LogP contribution is -2.17. The van der Waals surface area contributed by atoms with Gasteiger partial charge in [0, 0.05) is 23.0 Å². The number of anilines is 2. The summed E-state index contributed by atoms with van der Waals surface area (Å²) in [6.07, 6.45) is -4.73. The molecule has 0 spiro atoms. The standard InChI is InChI=1S/C14H11F3N2OS/c15-14(16,17)20-10-5-3-4-9(8-10)19-12-7-2-1-6-11(12)13(18)21/h1-8,19H,(H2,18,21). The molecule has 0 saturated carbocycles. The van der Waals surface area contributed by atoms with E-state index in [0.717, 1.165) is 0 Å². The molecule has 0 fully saturated rings. The molecule has 0 aliphatic heterocycles. The molecule has 0 unspecified atom stereocenters. The van der Waals surface area contributed by atoms with E-state index in [-0.39, 0.29) is 10.7 Å². The number of para-hydroxylation sites is 1. The Morgan fingerprint density at radius 2 is 1.81 bits per heavy atom. The summed E-state index contributed by atoms with van der Waals surface area (Å²) in [5.74, 6) is -0.305. The summed E-state index contributed by atoms with van der Waals surface area (Å²) in [5.41, 5.74) is 7.24. The largest absolute Gasteiger partial charge is 0.573 e. The number of nitrogens with two attached hydrogens (primary N) is 1. The Labute approximate surface area is 124 Å². The van der Waals surface area contributed by atoms with Crippen LogP contribution in [0.15, 0.2) is 48.5 Å². The average molecular weight is 312 g/mol. The van der Waals surface area contributed by atoms with Gasteiger partial charge < -0.3 is 15.8 Å². The van der Waals surface area contributed by atoms with E-state index >= 15 is 0 Å². The van der Waals surface area contributed by atoms with E-state index in [0.29, 0.717) is 16.9 Å². The third-order valence-electron chi connectivity index (χ3n) is 2.54. The molecular formula is C14H11F3N2OS. The van der Waals surface area contributed by atoms with Gasteiger partial charge in [-0.15, -0.1) is 13.2 Å². The maximum atomic E-state index is 12.2. The number of thiocarbonyl (C=S) groups is 1. The van der Waals surface area contributed by atoms with Crippen molar-refractivity contribution in [3.8, 4) is 5.75 Å². The molecule has 3 nitrogen and oxygen atoms in total. The Bertz CT molecular complexity index is 659. The number of benzene rings is 2. The highest BCUT2D eigenvalue weighted by atomic mass is 32.1. The first kappa shape index (κ1) is 15.1.